The molecule has 1 aliphatic rings. The molecule has 1 atom stereocenters. The number of nitrogens with one attached hydrogen (secondary N) is 1. The van der Waals surface area contributed by atoms with E-state index in [9.17, 15) is 9.18 Å². The SMILES string of the molecule is C/C=c1/ccc(-c2cccc(CC)n2)n/c1=C/C(=C/CC)CNC(=O)c1ccc2c(c1)C(F)COC2. The lowest BCUT2D eigenvalue weighted by molar-refractivity contribution is 0.0512. The third kappa shape index (κ3) is 5.94. The zero-order chi connectivity index (χ0) is 25.5. The minimum atomic E-state index is -1.21. The Morgan fingerprint density at radius 3 is 2.75 bits per heavy atom. The molecule has 2 aromatic heterocycles. The minimum absolute atomic E-state index is 0.0253. The smallest absolute Gasteiger partial charge is 0.251 e. The maximum Gasteiger partial charge on any atom is 0.251 e. The molecule has 0 spiro atoms. The number of allylic oxidation sites excluding steroid dienone is 1. The number of amides is 1. The van der Waals surface area contributed by atoms with Gasteiger partial charge in [-0.1, -0.05) is 44.2 Å². The van der Waals surface area contributed by atoms with Gasteiger partial charge in [0.1, 0.15) is 6.17 Å². The molecule has 0 aliphatic carbocycles. The molecule has 0 saturated carbocycles. The van der Waals surface area contributed by atoms with Gasteiger partial charge in [0.25, 0.3) is 5.91 Å². The number of nitrogens with zero attached hydrogens (tertiary/aromatic N) is 2. The summed E-state index contributed by atoms with van der Waals surface area (Å²) in [5, 5.41) is 4.81. The third-order valence-electron chi connectivity index (χ3n) is 6.21. The van der Waals surface area contributed by atoms with Crippen LogP contribution in [0.2, 0.25) is 0 Å². The number of hydrogen-bond donors (Lipinski definition) is 1. The van der Waals surface area contributed by atoms with E-state index >= 15 is 0 Å². The standard InChI is InChI=1S/C30H32FN3O2/c1-4-8-20(17-32-30(35)22-11-12-23-18-36-19-26(31)25(23)16-22)15-29-21(5-2)13-14-28(34-29)27-10-7-9-24(6-3)33-27/h5,7-16,26H,4,6,17-19H2,1-3H3,(H,32,35)/b20-8-,21-5-,29-15+. The first-order chi connectivity index (χ1) is 17.5. The number of rotatable bonds is 7. The Morgan fingerprint density at radius 1 is 1.14 bits per heavy atom. The summed E-state index contributed by atoms with van der Waals surface area (Å²) in [6.45, 7) is 6.85. The molecule has 36 heavy (non-hydrogen) atoms. The number of pyridine rings is 2. The highest BCUT2D eigenvalue weighted by atomic mass is 19.1. The summed E-state index contributed by atoms with van der Waals surface area (Å²) in [7, 11) is 0. The van der Waals surface area contributed by atoms with Crippen molar-refractivity contribution in [3.05, 3.63) is 93.1 Å². The molecular weight excluding hydrogens is 453 g/mol. The maximum absolute atomic E-state index is 14.3. The number of alkyl halides is 1. The zero-order valence-corrected chi connectivity index (χ0v) is 21.1. The highest BCUT2D eigenvalue weighted by Crippen LogP contribution is 2.28. The second-order valence-electron chi connectivity index (χ2n) is 8.74. The van der Waals surface area contributed by atoms with E-state index in [-0.39, 0.29) is 12.5 Å². The molecule has 0 fully saturated rings. The highest BCUT2D eigenvalue weighted by molar-refractivity contribution is 5.94. The van der Waals surface area contributed by atoms with E-state index in [4.69, 9.17) is 14.7 Å². The van der Waals surface area contributed by atoms with E-state index in [2.05, 4.69) is 25.2 Å². The van der Waals surface area contributed by atoms with Crippen molar-refractivity contribution in [2.75, 3.05) is 13.2 Å². The molecule has 3 aromatic rings. The number of halogens is 1. The van der Waals surface area contributed by atoms with Gasteiger partial charge in [0.2, 0.25) is 0 Å². The Morgan fingerprint density at radius 2 is 1.97 bits per heavy atom. The van der Waals surface area contributed by atoms with Gasteiger partial charge in [0.05, 0.1) is 30.0 Å². The van der Waals surface area contributed by atoms with Gasteiger partial charge in [-0.2, -0.15) is 0 Å². The first-order valence-corrected chi connectivity index (χ1v) is 12.5. The fourth-order valence-corrected chi connectivity index (χ4v) is 4.23. The summed E-state index contributed by atoms with van der Waals surface area (Å²) in [6, 6.07) is 15.1. The predicted octanol–water partition coefficient (Wildman–Crippen LogP) is 4.59. The molecule has 0 saturated heterocycles. The summed E-state index contributed by atoms with van der Waals surface area (Å²) < 4.78 is 19.5. The van der Waals surface area contributed by atoms with Crippen LogP contribution in [0.25, 0.3) is 23.5 Å². The summed E-state index contributed by atoms with van der Waals surface area (Å²) in [4.78, 5) is 22.5. The van der Waals surface area contributed by atoms with E-state index in [0.29, 0.717) is 24.3 Å². The van der Waals surface area contributed by atoms with Gasteiger partial charge < -0.3 is 10.1 Å². The Bertz CT molecular complexity index is 1400. The molecule has 0 radical (unpaired) electrons. The number of carbonyl (C=O) groups excluding carboxylic acids is 1. The third-order valence-corrected chi connectivity index (χ3v) is 6.21. The minimum Gasteiger partial charge on any atom is -0.373 e. The van der Waals surface area contributed by atoms with Crippen molar-refractivity contribution in [3.8, 4) is 11.4 Å². The number of carbonyl (C=O) groups is 1. The van der Waals surface area contributed by atoms with E-state index in [0.717, 1.165) is 51.6 Å². The Labute approximate surface area is 211 Å². The highest BCUT2D eigenvalue weighted by Gasteiger charge is 2.21. The number of benzene rings is 1. The normalized spacial score (nSPS) is 16.7. The van der Waals surface area contributed by atoms with Gasteiger partial charge in [0, 0.05) is 17.8 Å². The van der Waals surface area contributed by atoms with Crippen molar-refractivity contribution in [1.29, 1.82) is 0 Å². The van der Waals surface area contributed by atoms with Crippen molar-refractivity contribution in [2.24, 2.45) is 0 Å². The molecule has 1 aromatic carbocycles. The molecule has 6 heteroatoms. The van der Waals surface area contributed by atoms with Crippen LogP contribution in [0.3, 0.4) is 0 Å². The predicted molar refractivity (Wildman–Crippen MR) is 141 cm³/mol. The lowest BCUT2D eigenvalue weighted by Crippen LogP contribution is -2.30. The lowest BCUT2D eigenvalue weighted by Gasteiger charge is -2.20. The maximum atomic E-state index is 14.3. The Hall–Kier alpha value is -3.64. The number of aryl methyl sites for hydroxylation is 1. The fourth-order valence-electron chi connectivity index (χ4n) is 4.23. The van der Waals surface area contributed by atoms with Gasteiger partial charge in [-0.15, -0.1) is 0 Å². The largest absolute Gasteiger partial charge is 0.373 e. The number of ether oxygens (including phenoxy) is 1. The van der Waals surface area contributed by atoms with Crippen LogP contribution in [0.15, 0.2) is 60.2 Å². The fraction of sp³-hybridized carbons (Fsp3) is 0.300. The van der Waals surface area contributed by atoms with Crippen LogP contribution in [-0.4, -0.2) is 29.0 Å². The van der Waals surface area contributed by atoms with Crippen LogP contribution in [0.5, 0.6) is 0 Å². The van der Waals surface area contributed by atoms with Crippen molar-refractivity contribution in [2.45, 2.75) is 46.4 Å². The van der Waals surface area contributed by atoms with Gasteiger partial charge in [-0.05, 0) is 78.1 Å². The van der Waals surface area contributed by atoms with Crippen molar-refractivity contribution in [3.63, 3.8) is 0 Å². The van der Waals surface area contributed by atoms with Gasteiger partial charge in [0.15, 0.2) is 0 Å². The Kier molecular flexibility index (Phi) is 8.39. The van der Waals surface area contributed by atoms with Crippen LogP contribution in [0.4, 0.5) is 4.39 Å². The van der Waals surface area contributed by atoms with Crippen LogP contribution in [0, 0.1) is 0 Å². The second kappa shape index (κ2) is 11.9. The molecule has 1 N–H and O–H groups in total. The average Bonchev–Trinajstić information content (AvgIpc) is 2.91. The zero-order valence-electron chi connectivity index (χ0n) is 21.1. The van der Waals surface area contributed by atoms with E-state index < -0.39 is 6.17 Å². The summed E-state index contributed by atoms with van der Waals surface area (Å²) >= 11 is 0. The van der Waals surface area contributed by atoms with Gasteiger partial charge in [-0.3, -0.25) is 9.78 Å². The van der Waals surface area contributed by atoms with E-state index in [1.54, 1.807) is 18.2 Å². The molecule has 1 aliphatic heterocycles. The summed E-state index contributed by atoms with van der Waals surface area (Å²) in [5.41, 5.74) is 5.38. The van der Waals surface area contributed by atoms with Crippen LogP contribution in [0.1, 0.15) is 60.5 Å². The van der Waals surface area contributed by atoms with Crippen molar-refractivity contribution < 1.29 is 13.9 Å². The molecule has 5 nitrogen and oxygen atoms in total. The summed E-state index contributed by atoms with van der Waals surface area (Å²) in [6.07, 6.45) is 6.57. The molecule has 186 valence electrons. The first kappa shape index (κ1) is 25.5. The second-order valence-corrected chi connectivity index (χ2v) is 8.74. The molecule has 4 rings (SSSR count). The van der Waals surface area contributed by atoms with Crippen LogP contribution < -0.4 is 15.9 Å². The van der Waals surface area contributed by atoms with Gasteiger partial charge in [-0.25, -0.2) is 9.37 Å². The lowest BCUT2D eigenvalue weighted by atomic mass is 9.98. The van der Waals surface area contributed by atoms with Crippen LogP contribution in [-0.2, 0) is 17.8 Å². The monoisotopic (exact) mass is 485 g/mol. The van der Waals surface area contributed by atoms with E-state index in [1.807, 2.05) is 49.4 Å². The number of aromatic nitrogens is 2. The average molecular weight is 486 g/mol. The summed E-state index contributed by atoms with van der Waals surface area (Å²) in [5.74, 6) is -0.239. The molecule has 3 heterocycles. The number of hydrogen-bond acceptors (Lipinski definition) is 4. The van der Waals surface area contributed by atoms with Gasteiger partial charge >= 0.3 is 0 Å². The molecule has 1 amide bonds. The first-order valence-electron chi connectivity index (χ1n) is 12.5. The van der Waals surface area contributed by atoms with Crippen molar-refractivity contribution in [1.82, 2.24) is 15.3 Å². The van der Waals surface area contributed by atoms with Crippen molar-refractivity contribution >= 4 is 18.1 Å². The Balaban J connectivity index is 1.59. The van der Waals surface area contributed by atoms with Crippen LogP contribution >= 0.6 is 0 Å². The molecular formula is C30H32FN3O2. The molecule has 1 unspecified atom stereocenters. The number of fused-ring (bicyclic) bond motifs is 1. The molecule has 0 bridgehead atoms. The quantitative estimate of drug-likeness (QED) is 0.532. The topological polar surface area (TPSA) is 64.1 Å². The van der Waals surface area contributed by atoms with E-state index in [1.165, 1.54) is 0 Å².